The van der Waals surface area contributed by atoms with Gasteiger partial charge in [0.15, 0.2) is 0 Å². The number of nitrogens with zero attached hydrogens (tertiary/aromatic N) is 2. The van der Waals surface area contributed by atoms with Crippen LogP contribution in [-0.4, -0.2) is 64.7 Å². The zero-order valence-electron chi connectivity index (χ0n) is 30.1. The Morgan fingerprint density at radius 2 is 1.40 bits per heavy atom. The van der Waals surface area contributed by atoms with Crippen LogP contribution in [0.5, 0.6) is 0 Å². The molecule has 0 fully saturated rings. The number of amides is 3. The van der Waals surface area contributed by atoms with Crippen molar-refractivity contribution in [3.8, 4) is 0 Å². The second-order valence-corrected chi connectivity index (χ2v) is 12.8. The van der Waals surface area contributed by atoms with Crippen molar-refractivity contribution in [1.82, 2.24) is 14.8 Å². The van der Waals surface area contributed by atoms with Crippen molar-refractivity contribution in [2.45, 2.75) is 58.7 Å². The Labute approximate surface area is 305 Å². The maximum Gasteiger partial charge on any atom is 0.306 e. The van der Waals surface area contributed by atoms with Gasteiger partial charge < -0.3 is 25.3 Å². The molecule has 0 spiro atoms. The molecule has 0 unspecified atom stereocenters. The van der Waals surface area contributed by atoms with Crippen molar-refractivity contribution in [2.75, 3.05) is 30.8 Å². The number of hydrogen-bond donors (Lipinski definition) is 3. The fourth-order valence-corrected chi connectivity index (χ4v) is 6.23. The van der Waals surface area contributed by atoms with Gasteiger partial charge in [-0.1, -0.05) is 92.7 Å². The number of anilines is 2. The Kier molecular flexibility index (Phi) is 13.3. The molecule has 3 amide bonds. The van der Waals surface area contributed by atoms with E-state index in [1.54, 1.807) is 18.0 Å². The van der Waals surface area contributed by atoms with Crippen LogP contribution >= 0.6 is 0 Å². The number of esters is 1. The number of ether oxygens (including phenoxy) is 1. The van der Waals surface area contributed by atoms with Crippen LogP contribution in [0.2, 0.25) is 0 Å². The van der Waals surface area contributed by atoms with E-state index in [4.69, 9.17) is 4.74 Å². The van der Waals surface area contributed by atoms with Crippen molar-refractivity contribution in [2.24, 2.45) is 0 Å². The number of rotatable bonds is 17. The molecule has 0 saturated heterocycles. The predicted octanol–water partition coefficient (Wildman–Crippen LogP) is 7.65. The molecule has 1 aromatic heterocycles. The van der Waals surface area contributed by atoms with Gasteiger partial charge in [-0.3, -0.25) is 24.1 Å². The molecule has 0 aliphatic carbocycles. The Morgan fingerprint density at radius 3 is 2.13 bits per heavy atom. The van der Waals surface area contributed by atoms with Gasteiger partial charge in [0.2, 0.25) is 5.91 Å². The lowest BCUT2D eigenvalue weighted by molar-refractivity contribution is -0.147. The predicted molar refractivity (Wildman–Crippen MR) is 205 cm³/mol. The summed E-state index contributed by atoms with van der Waals surface area (Å²) < 4.78 is 5.33. The van der Waals surface area contributed by atoms with Crippen molar-refractivity contribution >= 4 is 46.1 Å². The first-order valence-corrected chi connectivity index (χ1v) is 17.8. The number of benzene rings is 4. The van der Waals surface area contributed by atoms with E-state index in [-0.39, 0.29) is 43.2 Å². The number of para-hydroxylation sites is 2. The maximum absolute atomic E-state index is 13.7. The molecule has 1 heterocycles. The minimum Gasteiger partial charge on any atom is -0.461 e. The average Bonchev–Trinajstić information content (AvgIpc) is 3.54. The van der Waals surface area contributed by atoms with Crippen molar-refractivity contribution in [3.05, 3.63) is 131 Å². The Morgan fingerprint density at radius 1 is 0.731 bits per heavy atom. The summed E-state index contributed by atoms with van der Waals surface area (Å²) in [5.41, 5.74) is 4.05. The molecule has 10 nitrogen and oxygen atoms in total. The third-order valence-corrected chi connectivity index (χ3v) is 9.17. The second kappa shape index (κ2) is 18.5. The number of aromatic nitrogens is 1. The Hall–Kier alpha value is -5.74. The monoisotopic (exact) mass is 701 g/mol. The van der Waals surface area contributed by atoms with E-state index < -0.39 is 5.97 Å². The fraction of sp³-hybridized carbons (Fsp3) is 0.286. The van der Waals surface area contributed by atoms with Gasteiger partial charge in [0, 0.05) is 61.3 Å². The standard InChI is InChI=1S/C42H47N5O5/c1-4-34(5-2)47(26-25-46(3)37(48)23-24-38(49)52-29-30-15-8-6-9-16-30)28-31-17-14-18-32(27-31)41(50)45-40-39(35-21-12-13-22-36(35)44-40)42(51)43-33-19-10-7-11-20-33/h6-22,27,34,44H,4-5,23-26,28-29H2,1-3H3,(H,43,51)(H,45,50). The number of H-pyrrole nitrogens is 1. The van der Waals surface area contributed by atoms with E-state index in [1.807, 2.05) is 103 Å². The van der Waals surface area contributed by atoms with Crippen LogP contribution in [0.4, 0.5) is 11.5 Å². The minimum absolute atomic E-state index is 0.0266. The number of carbonyl (C=O) groups excluding carboxylic acids is 4. The summed E-state index contributed by atoms with van der Waals surface area (Å²) in [6, 6.07) is 33.8. The lowest BCUT2D eigenvalue weighted by Gasteiger charge is -2.32. The van der Waals surface area contributed by atoms with Crippen LogP contribution < -0.4 is 10.6 Å². The summed E-state index contributed by atoms with van der Waals surface area (Å²) in [5.74, 6) is -0.872. The van der Waals surface area contributed by atoms with E-state index >= 15 is 0 Å². The van der Waals surface area contributed by atoms with E-state index in [2.05, 4.69) is 34.4 Å². The fourth-order valence-electron chi connectivity index (χ4n) is 6.23. The lowest BCUT2D eigenvalue weighted by Crippen LogP contribution is -2.41. The molecule has 0 aliphatic rings. The molecule has 5 aromatic rings. The van der Waals surface area contributed by atoms with Crippen molar-refractivity contribution < 1.29 is 23.9 Å². The van der Waals surface area contributed by atoms with Crippen LogP contribution in [0.15, 0.2) is 109 Å². The molecule has 0 radical (unpaired) electrons. The van der Waals surface area contributed by atoms with Crippen LogP contribution in [-0.2, 0) is 27.5 Å². The Bertz CT molecular complexity index is 1960. The summed E-state index contributed by atoms with van der Waals surface area (Å²) >= 11 is 0. The molecule has 0 bridgehead atoms. The molecule has 0 saturated carbocycles. The molecule has 0 aliphatic heterocycles. The molecular weight excluding hydrogens is 654 g/mol. The topological polar surface area (TPSA) is 124 Å². The van der Waals surface area contributed by atoms with Crippen LogP contribution in [0.25, 0.3) is 10.9 Å². The van der Waals surface area contributed by atoms with Gasteiger partial charge >= 0.3 is 5.97 Å². The second-order valence-electron chi connectivity index (χ2n) is 12.8. The van der Waals surface area contributed by atoms with Gasteiger partial charge in [-0.2, -0.15) is 0 Å². The Balaban J connectivity index is 1.21. The highest BCUT2D eigenvalue weighted by molar-refractivity contribution is 6.19. The molecule has 4 aromatic carbocycles. The first-order valence-electron chi connectivity index (χ1n) is 17.8. The first-order chi connectivity index (χ1) is 25.2. The molecule has 0 atom stereocenters. The summed E-state index contributed by atoms with van der Waals surface area (Å²) in [7, 11) is 1.76. The van der Waals surface area contributed by atoms with E-state index in [0.717, 1.165) is 29.5 Å². The van der Waals surface area contributed by atoms with E-state index in [0.29, 0.717) is 47.7 Å². The van der Waals surface area contributed by atoms with Crippen molar-refractivity contribution in [1.29, 1.82) is 0 Å². The third-order valence-electron chi connectivity index (χ3n) is 9.17. The number of carbonyl (C=O) groups is 4. The van der Waals surface area contributed by atoms with Gasteiger partial charge in [0.1, 0.15) is 12.4 Å². The number of likely N-dealkylation sites (N-methyl/N-ethyl adjacent to an activating group) is 1. The van der Waals surface area contributed by atoms with Gasteiger partial charge in [-0.15, -0.1) is 0 Å². The maximum atomic E-state index is 13.7. The average molecular weight is 702 g/mol. The van der Waals surface area contributed by atoms with Gasteiger partial charge in [-0.05, 0) is 54.3 Å². The quantitative estimate of drug-likeness (QED) is 0.0857. The van der Waals surface area contributed by atoms with Crippen molar-refractivity contribution in [3.63, 3.8) is 0 Å². The largest absolute Gasteiger partial charge is 0.461 e. The summed E-state index contributed by atoms with van der Waals surface area (Å²) in [4.78, 5) is 59.5. The van der Waals surface area contributed by atoms with Gasteiger partial charge in [0.25, 0.3) is 11.8 Å². The summed E-state index contributed by atoms with van der Waals surface area (Å²) in [5, 5.41) is 6.58. The molecule has 5 rings (SSSR count). The molecule has 3 N–H and O–H groups in total. The molecular formula is C42H47N5O5. The number of aromatic amines is 1. The number of fused-ring (bicyclic) bond motifs is 1. The highest BCUT2D eigenvalue weighted by Gasteiger charge is 2.22. The first kappa shape index (κ1) is 37.5. The number of nitrogens with one attached hydrogen (secondary N) is 3. The third kappa shape index (κ3) is 10.2. The van der Waals surface area contributed by atoms with E-state index in [9.17, 15) is 19.2 Å². The summed E-state index contributed by atoms with van der Waals surface area (Å²) in [6.07, 6.45) is 1.96. The SMILES string of the molecule is CCC(CC)N(CCN(C)C(=O)CCC(=O)OCc1ccccc1)Cc1cccc(C(=O)Nc2[nH]c3ccccc3c2C(=O)Nc2ccccc2)c1. The molecule has 270 valence electrons. The summed E-state index contributed by atoms with van der Waals surface area (Å²) in [6.45, 7) is 6.17. The highest BCUT2D eigenvalue weighted by Crippen LogP contribution is 2.28. The van der Waals surface area contributed by atoms with Gasteiger partial charge in [0.05, 0.1) is 12.0 Å². The van der Waals surface area contributed by atoms with Crippen LogP contribution in [0, 0.1) is 0 Å². The van der Waals surface area contributed by atoms with Crippen LogP contribution in [0.1, 0.15) is 71.4 Å². The number of hydrogen-bond acceptors (Lipinski definition) is 6. The van der Waals surface area contributed by atoms with E-state index in [1.165, 1.54) is 0 Å². The van der Waals surface area contributed by atoms with Crippen LogP contribution in [0.3, 0.4) is 0 Å². The smallest absolute Gasteiger partial charge is 0.306 e. The van der Waals surface area contributed by atoms with Gasteiger partial charge in [-0.25, -0.2) is 0 Å². The zero-order chi connectivity index (χ0) is 36.9. The molecule has 10 heteroatoms. The molecule has 52 heavy (non-hydrogen) atoms. The lowest BCUT2D eigenvalue weighted by atomic mass is 10.1. The highest BCUT2D eigenvalue weighted by atomic mass is 16.5. The minimum atomic E-state index is -0.399. The normalized spacial score (nSPS) is 11.1. The zero-order valence-corrected chi connectivity index (χ0v) is 30.1.